The van der Waals surface area contributed by atoms with Gasteiger partial charge in [0.2, 0.25) is 5.91 Å². The van der Waals surface area contributed by atoms with Crippen LogP contribution >= 0.6 is 0 Å². The third-order valence-electron chi connectivity index (χ3n) is 4.05. The lowest BCUT2D eigenvalue weighted by atomic mass is 9.82. The Morgan fingerprint density at radius 2 is 1.75 bits per heavy atom. The molecule has 4 heteroatoms. The predicted octanol–water partition coefficient (Wildman–Crippen LogP) is 2.75. The van der Waals surface area contributed by atoms with Crippen molar-refractivity contribution < 1.29 is 14.7 Å². The molecule has 1 saturated carbocycles. The van der Waals surface area contributed by atoms with Crippen LogP contribution in [0.5, 0.6) is 0 Å². The summed E-state index contributed by atoms with van der Waals surface area (Å²) >= 11 is 0. The number of benzene rings is 1. The first kappa shape index (κ1) is 14.6. The third-order valence-corrected chi connectivity index (χ3v) is 4.05. The molecule has 0 unspecified atom stereocenters. The Morgan fingerprint density at radius 1 is 1.15 bits per heavy atom. The van der Waals surface area contributed by atoms with Gasteiger partial charge in [0.1, 0.15) is 0 Å². The number of hydrogen-bond donors (Lipinski definition) is 2. The molecule has 1 amide bonds. The van der Waals surface area contributed by atoms with E-state index in [1.165, 1.54) is 0 Å². The van der Waals surface area contributed by atoms with Crippen LogP contribution < -0.4 is 5.32 Å². The first-order valence-corrected chi connectivity index (χ1v) is 7.16. The molecule has 1 aromatic rings. The number of carboxylic acids is 1. The molecule has 1 atom stereocenters. The number of hydrogen-bond acceptors (Lipinski definition) is 2. The normalized spacial score (nSPS) is 23.9. The van der Waals surface area contributed by atoms with E-state index in [1.54, 1.807) is 24.3 Å². The minimum absolute atomic E-state index is 0.0447. The minimum Gasteiger partial charge on any atom is -0.479 e. The summed E-state index contributed by atoms with van der Waals surface area (Å²) in [6.45, 7) is 2.19. The van der Waals surface area contributed by atoms with Gasteiger partial charge >= 0.3 is 5.97 Å². The quantitative estimate of drug-likeness (QED) is 0.888. The number of carboxylic acid groups (broad SMARTS) is 1. The van der Waals surface area contributed by atoms with Gasteiger partial charge in [0.05, 0.1) is 0 Å². The van der Waals surface area contributed by atoms with Crippen LogP contribution in [0.1, 0.15) is 44.2 Å². The Bertz CT molecular complexity index is 464. The highest BCUT2D eigenvalue weighted by atomic mass is 16.4. The summed E-state index contributed by atoms with van der Waals surface area (Å²) in [5.74, 6) is -0.526. The molecule has 20 heavy (non-hydrogen) atoms. The van der Waals surface area contributed by atoms with Crippen molar-refractivity contribution in [1.29, 1.82) is 0 Å². The number of rotatable bonds is 4. The van der Waals surface area contributed by atoms with Crippen molar-refractivity contribution in [2.75, 3.05) is 0 Å². The van der Waals surface area contributed by atoms with E-state index in [4.69, 9.17) is 0 Å². The zero-order valence-electron chi connectivity index (χ0n) is 11.7. The molecule has 0 spiro atoms. The Labute approximate surface area is 119 Å². The summed E-state index contributed by atoms with van der Waals surface area (Å²) in [7, 11) is 0. The van der Waals surface area contributed by atoms with Crippen LogP contribution in [0.15, 0.2) is 30.3 Å². The first-order chi connectivity index (χ1) is 9.58. The topological polar surface area (TPSA) is 66.4 Å². The largest absolute Gasteiger partial charge is 0.479 e. The number of carbonyl (C=O) groups excluding carboxylic acids is 1. The molecule has 0 saturated heterocycles. The van der Waals surface area contributed by atoms with Gasteiger partial charge in [-0.15, -0.1) is 0 Å². The maximum atomic E-state index is 12.2. The van der Waals surface area contributed by atoms with Crippen molar-refractivity contribution in [1.82, 2.24) is 5.32 Å². The van der Waals surface area contributed by atoms with Gasteiger partial charge in [0.15, 0.2) is 6.04 Å². The van der Waals surface area contributed by atoms with Crippen molar-refractivity contribution >= 4 is 11.9 Å². The van der Waals surface area contributed by atoms with Crippen molar-refractivity contribution in [3.63, 3.8) is 0 Å². The van der Waals surface area contributed by atoms with Crippen LogP contribution in [0.25, 0.3) is 0 Å². The van der Waals surface area contributed by atoms with E-state index in [0.29, 0.717) is 11.5 Å². The average Bonchev–Trinajstić information content (AvgIpc) is 2.46. The fourth-order valence-electron chi connectivity index (χ4n) is 2.72. The highest BCUT2D eigenvalue weighted by Gasteiger charge is 2.28. The fourth-order valence-corrected chi connectivity index (χ4v) is 2.72. The lowest BCUT2D eigenvalue weighted by molar-refractivity contribution is -0.143. The van der Waals surface area contributed by atoms with E-state index in [9.17, 15) is 14.7 Å². The van der Waals surface area contributed by atoms with E-state index in [2.05, 4.69) is 12.2 Å². The van der Waals surface area contributed by atoms with Crippen LogP contribution in [-0.4, -0.2) is 17.0 Å². The van der Waals surface area contributed by atoms with Gasteiger partial charge in [-0.2, -0.15) is 0 Å². The molecule has 1 aliphatic rings. The monoisotopic (exact) mass is 275 g/mol. The summed E-state index contributed by atoms with van der Waals surface area (Å²) in [5.41, 5.74) is 0.609. The number of nitrogens with one attached hydrogen (secondary N) is 1. The maximum Gasteiger partial charge on any atom is 0.330 e. The second kappa shape index (κ2) is 6.55. The van der Waals surface area contributed by atoms with Crippen LogP contribution in [0.4, 0.5) is 0 Å². The number of amides is 1. The van der Waals surface area contributed by atoms with Gasteiger partial charge in [0, 0.05) is 5.92 Å². The van der Waals surface area contributed by atoms with E-state index in [1.807, 2.05) is 6.07 Å². The number of aliphatic carboxylic acids is 1. The zero-order valence-corrected chi connectivity index (χ0v) is 11.7. The molecule has 1 aromatic carbocycles. The Kier molecular flexibility index (Phi) is 4.77. The fraction of sp³-hybridized carbons (Fsp3) is 0.500. The maximum absolute atomic E-state index is 12.2. The Hall–Kier alpha value is -1.84. The summed E-state index contributed by atoms with van der Waals surface area (Å²) in [4.78, 5) is 23.6. The van der Waals surface area contributed by atoms with Gasteiger partial charge in [-0.05, 0) is 37.2 Å². The SMILES string of the molecule is CC1CCC(C(=O)N[C@@H](C(=O)O)c2ccccc2)CC1. The summed E-state index contributed by atoms with van der Waals surface area (Å²) in [5, 5.41) is 12.0. The molecule has 0 heterocycles. The highest BCUT2D eigenvalue weighted by Crippen LogP contribution is 2.29. The molecule has 0 radical (unpaired) electrons. The van der Waals surface area contributed by atoms with Crippen molar-refractivity contribution in [3.05, 3.63) is 35.9 Å². The van der Waals surface area contributed by atoms with Crippen molar-refractivity contribution in [2.24, 2.45) is 11.8 Å². The molecule has 108 valence electrons. The van der Waals surface area contributed by atoms with Gasteiger partial charge in [-0.1, -0.05) is 37.3 Å². The molecule has 2 rings (SSSR count). The van der Waals surface area contributed by atoms with E-state index < -0.39 is 12.0 Å². The second-order valence-corrected chi connectivity index (χ2v) is 5.65. The number of carbonyl (C=O) groups is 2. The van der Waals surface area contributed by atoms with Crippen LogP contribution in [0.3, 0.4) is 0 Å². The van der Waals surface area contributed by atoms with Gasteiger partial charge < -0.3 is 10.4 Å². The van der Waals surface area contributed by atoms with E-state index >= 15 is 0 Å². The Morgan fingerprint density at radius 3 is 2.30 bits per heavy atom. The highest BCUT2D eigenvalue weighted by molar-refractivity contribution is 5.85. The molecule has 0 aliphatic heterocycles. The lowest BCUT2D eigenvalue weighted by Gasteiger charge is -2.26. The van der Waals surface area contributed by atoms with Gasteiger partial charge in [0.25, 0.3) is 0 Å². The standard InChI is InChI=1S/C16H21NO3/c1-11-7-9-13(10-8-11)15(18)17-14(16(19)20)12-5-3-2-4-6-12/h2-6,11,13-14H,7-10H2,1H3,(H,17,18)(H,19,20)/t11?,13?,14-/m1/s1. The minimum atomic E-state index is -1.02. The molecule has 1 aliphatic carbocycles. The molecule has 1 fully saturated rings. The smallest absolute Gasteiger partial charge is 0.330 e. The van der Waals surface area contributed by atoms with E-state index in [-0.39, 0.29) is 11.8 Å². The third kappa shape index (κ3) is 3.59. The second-order valence-electron chi connectivity index (χ2n) is 5.65. The average molecular weight is 275 g/mol. The summed E-state index contributed by atoms with van der Waals surface area (Å²) in [6.07, 6.45) is 3.80. The molecule has 0 bridgehead atoms. The van der Waals surface area contributed by atoms with E-state index in [0.717, 1.165) is 25.7 Å². The first-order valence-electron chi connectivity index (χ1n) is 7.16. The van der Waals surface area contributed by atoms with Crippen LogP contribution in [-0.2, 0) is 9.59 Å². The lowest BCUT2D eigenvalue weighted by Crippen LogP contribution is -2.38. The predicted molar refractivity (Wildman–Crippen MR) is 76.1 cm³/mol. The molecule has 4 nitrogen and oxygen atoms in total. The van der Waals surface area contributed by atoms with Crippen LogP contribution in [0.2, 0.25) is 0 Å². The molecular formula is C16H21NO3. The zero-order chi connectivity index (χ0) is 14.5. The molecule has 2 N–H and O–H groups in total. The summed E-state index contributed by atoms with van der Waals surface area (Å²) in [6, 6.07) is 7.87. The molecular weight excluding hydrogens is 254 g/mol. The summed E-state index contributed by atoms with van der Waals surface area (Å²) < 4.78 is 0. The Balaban J connectivity index is 2.02. The van der Waals surface area contributed by atoms with Gasteiger partial charge in [-0.3, -0.25) is 4.79 Å². The van der Waals surface area contributed by atoms with Crippen molar-refractivity contribution in [2.45, 2.75) is 38.6 Å². The van der Waals surface area contributed by atoms with Crippen molar-refractivity contribution in [3.8, 4) is 0 Å². The molecule has 0 aromatic heterocycles. The van der Waals surface area contributed by atoms with Gasteiger partial charge in [-0.25, -0.2) is 4.79 Å². The van der Waals surface area contributed by atoms with Crippen LogP contribution in [0, 0.1) is 11.8 Å².